The Morgan fingerprint density at radius 3 is 2.78 bits per heavy atom. The number of carbonyl (C=O) groups is 1. The Morgan fingerprint density at radius 2 is 2.26 bits per heavy atom. The van der Waals surface area contributed by atoms with E-state index in [0.717, 1.165) is 6.07 Å². The van der Waals surface area contributed by atoms with E-state index in [0.29, 0.717) is 4.88 Å². The first-order chi connectivity index (χ1) is 10.9. The molecule has 0 spiro atoms. The van der Waals surface area contributed by atoms with Crippen LogP contribution in [0.3, 0.4) is 0 Å². The molecule has 2 heterocycles. The van der Waals surface area contributed by atoms with Crippen LogP contribution in [0.25, 0.3) is 10.6 Å². The van der Waals surface area contributed by atoms with Crippen LogP contribution >= 0.6 is 11.3 Å². The van der Waals surface area contributed by atoms with Crippen LogP contribution in [0.2, 0.25) is 0 Å². The number of nitrogens with one attached hydrogen (secondary N) is 1. The Bertz CT molecular complexity index is 754. The fraction of sp³-hybridized carbons (Fsp3) is 0.154. The molecule has 0 atom stereocenters. The summed E-state index contributed by atoms with van der Waals surface area (Å²) >= 11 is 1.18. The maximum atomic E-state index is 13.2. The van der Waals surface area contributed by atoms with Crippen LogP contribution < -0.4 is 16.0 Å². The van der Waals surface area contributed by atoms with Gasteiger partial charge in [0.2, 0.25) is 5.88 Å². The molecular formula is C13H9F3N4O2S. The highest BCUT2D eigenvalue weighted by Gasteiger charge is 2.36. The molecule has 0 aromatic carbocycles. The number of halogens is 3. The topological polar surface area (TPSA) is 101 Å². The van der Waals surface area contributed by atoms with Gasteiger partial charge >= 0.3 is 6.18 Å². The van der Waals surface area contributed by atoms with Gasteiger partial charge < -0.3 is 4.74 Å². The number of hydrogen-bond donors (Lipinski definition) is 2. The van der Waals surface area contributed by atoms with E-state index >= 15 is 0 Å². The van der Waals surface area contributed by atoms with E-state index < -0.39 is 35.7 Å². The first-order valence-corrected chi connectivity index (χ1v) is 6.93. The van der Waals surface area contributed by atoms with Gasteiger partial charge in [0, 0.05) is 0 Å². The Hall–Kier alpha value is -2.64. The Morgan fingerprint density at radius 1 is 1.52 bits per heavy atom. The summed E-state index contributed by atoms with van der Waals surface area (Å²) in [7, 11) is 0. The van der Waals surface area contributed by atoms with Crippen LogP contribution in [0.5, 0.6) is 5.88 Å². The molecule has 2 rings (SSSR count). The molecule has 0 fully saturated rings. The third kappa shape index (κ3) is 3.77. The third-order valence-corrected chi connectivity index (χ3v) is 3.57. The molecule has 3 N–H and O–H groups in total. The molecule has 10 heteroatoms. The predicted molar refractivity (Wildman–Crippen MR) is 75.1 cm³/mol. The van der Waals surface area contributed by atoms with Crippen LogP contribution in [0.1, 0.15) is 11.1 Å². The highest BCUT2D eigenvalue weighted by Crippen LogP contribution is 2.38. The number of hydrazine groups is 1. The second-order valence-electron chi connectivity index (χ2n) is 4.18. The number of amides is 1. The first-order valence-electron chi connectivity index (χ1n) is 6.05. The molecule has 6 nitrogen and oxygen atoms in total. The number of alkyl halides is 3. The van der Waals surface area contributed by atoms with Crippen LogP contribution in [-0.4, -0.2) is 17.5 Å². The maximum absolute atomic E-state index is 13.2. The number of carbonyl (C=O) groups excluding carboxylic acids is 1. The second kappa shape index (κ2) is 6.64. The SMILES string of the molecule is N#Cc1c(C(F)(F)F)cc(-c2cccs2)nc1OCC(=O)NN. The van der Waals surface area contributed by atoms with Crippen molar-refractivity contribution in [1.82, 2.24) is 10.4 Å². The molecule has 0 aliphatic carbocycles. The van der Waals surface area contributed by atoms with Crippen LogP contribution in [0, 0.1) is 11.3 Å². The fourth-order valence-corrected chi connectivity index (χ4v) is 2.37. The minimum Gasteiger partial charge on any atom is -0.467 e. The normalized spacial score (nSPS) is 10.9. The molecule has 0 aliphatic heterocycles. The monoisotopic (exact) mass is 342 g/mol. The average molecular weight is 342 g/mol. The van der Waals surface area contributed by atoms with Crippen molar-refractivity contribution in [3.8, 4) is 22.5 Å². The number of ether oxygens (including phenoxy) is 1. The standard InChI is InChI=1S/C13H9F3N4O2S/c14-13(15,16)8-4-9(10-2-1-3-23-10)19-12(7(8)5-17)22-6-11(21)20-18/h1-4H,6,18H2,(H,20,21). The molecule has 0 unspecified atom stereocenters. The quantitative estimate of drug-likeness (QED) is 0.503. The molecule has 23 heavy (non-hydrogen) atoms. The molecule has 0 radical (unpaired) electrons. The minimum atomic E-state index is -4.77. The summed E-state index contributed by atoms with van der Waals surface area (Å²) in [4.78, 5) is 15.5. The number of rotatable bonds is 4. The Balaban J connectivity index is 2.56. The van der Waals surface area contributed by atoms with Crippen LogP contribution in [0.4, 0.5) is 13.2 Å². The van der Waals surface area contributed by atoms with Crippen molar-refractivity contribution >= 4 is 17.2 Å². The maximum Gasteiger partial charge on any atom is 0.417 e. The van der Waals surface area contributed by atoms with E-state index in [1.54, 1.807) is 22.9 Å². The third-order valence-electron chi connectivity index (χ3n) is 2.68. The molecule has 120 valence electrons. The van der Waals surface area contributed by atoms with Gasteiger partial charge in [-0.2, -0.15) is 18.4 Å². The van der Waals surface area contributed by atoms with Gasteiger partial charge in [0.25, 0.3) is 5.91 Å². The number of nitrogens with two attached hydrogens (primary N) is 1. The van der Waals surface area contributed by atoms with E-state index in [2.05, 4.69) is 4.98 Å². The summed E-state index contributed by atoms with van der Waals surface area (Å²) in [6.45, 7) is -0.663. The van der Waals surface area contributed by atoms with Crippen molar-refractivity contribution in [2.24, 2.45) is 5.84 Å². The van der Waals surface area contributed by atoms with E-state index in [-0.39, 0.29) is 5.69 Å². The average Bonchev–Trinajstić information content (AvgIpc) is 3.05. The molecule has 2 aromatic heterocycles. The van der Waals surface area contributed by atoms with Crippen molar-refractivity contribution in [2.75, 3.05) is 6.61 Å². The molecule has 0 saturated carbocycles. The molecule has 1 amide bonds. The zero-order chi connectivity index (χ0) is 17.0. The lowest BCUT2D eigenvalue weighted by Crippen LogP contribution is -2.34. The van der Waals surface area contributed by atoms with Gasteiger partial charge in [-0.15, -0.1) is 11.3 Å². The van der Waals surface area contributed by atoms with Gasteiger partial charge in [-0.3, -0.25) is 10.2 Å². The van der Waals surface area contributed by atoms with Crippen LogP contribution in [-0.2, 0) is 11.0 Å². The van der Waals surface area contributed by atoms with Crippen molar-refractivity contribution < 1.29 is 22.7 Å². The first kappa shape index (κ1) is 16.7. The van der Waals surface area contributed by atoms with Crippen molar-refractivity contribution in [2.45, 2.75) is 6.18 Å². The summed E-state index contributed by atoms with van der Waals surface area (Å²) in [5.74, 6) is 3.52. The molecular weight excluding hydrogens is 333 g/mol. The largest absolute Gasteiger partial charge is 0.467 e. The fourth-order valence-electron chi connectivity index (χ4n) is 1.68. The molecule has 0 saturated heterocycles. The molecule has 2 aromatic rings. The smallest absolute Gasteiger partial charge is 0.417 e. The minimum absolute atomic E-state index is 0.00511. The summed E-state index contributed by atoms with van der Waals surface area (Å²) in [6.07, 6.45) is -4.77. The number of thiophene rings is 1. The number of nitrogens with zero attached hydrogens (tertiary/aromatic N) is 2. The predicted octanol–water partition coefficient (Wildman–Crippen LogP) is 2.07. The number of pyridine rings is 1. The van der Waals surface area contributed by atoms with Gasteiger partial charge in [-0.1, -0.05) is 6.07 Å². The van der Waals surface area contributed by atoms with Gasteiger partial charge in [0.15, 0.2) is 6.61 Å². The van der Waals surface area contributed by atoms with Gasteiger partial charge in [0.05, 0.1) is 16.1 Å². The number of hydrogen-bond acceptors (Lipinski definition) is 6. The second-order valence-corrected chi connectivity index (χ2v) is 5.13. The Kier molecular flexibility index (Phi) is 4.83. The van der Waals surface area contributed by atoms with E-state index in [1.165, 1.54) is 17.4 Å². The van der Waals surface area contributed by atoms with E-state index in [4.69, 9.17) is 15.8 Å². The van der Waals surface area contributed by atoms with Crippen molar-refractivity contribution in [3.05, 3.63) is 34.7 Å². The zero-order valence-corrected chi connectivity index (χ0v) is 12.2. The lowest BCUT2D eigenvalue weighted by Gasteiger charge is -2.14. The van der Waals surface area contributed by atoms with Crippen molar-refractivity contribution in [3.63, 3.8) is 0 Å². The molecule has 0 bridgehead atoms. The zero-order valence-electron chi connectivity index (χ0n) is 11.3. The highest BCUT2D eigenvalue weighted by molar-refractivity contribution is 7.13. The summed E-state index contributed by atoms with van der Waals surface area (Å²) in [5.41, 5.74) is -0.209. The van der Waals surface area contributed by atoms with Crippen LogP contribution in [0.15, 0.2) is 23.6 Å². The highest BCUT2D eigenvalue weighted by atomic mass is 32.1. The summed E-state index contributed by atoms with van der Waals surface area (Å²) in [5, 5.41) is 10.7. The number of nitriles is 1. The van der Waals surface area contributed by atoms with Gasteiger partial charge in [-0.25, -0.2) is 10.8 Å². The van der Waals surface area contributed by atoms with E-state index in [9.17, 15) is 18.0 Å². The van der Waals surface area contributed by atoms with E-state index in [1.807, 2.05) is 0 Å². The summed E-state index contributed by atoms with van der Waals surface area (Å²) < 4.78 is 44.4. The lowest BCUT2D eigenvalue weighted by atomic mass is 10.1. The Labute approximate surface area is 132 Å². The molecule has 0 aliphatic rings. The summed E-state index contributed by atoms with van der Waals surface area (Å²) in [6, 6.07) is 5.42. The van der Waals surface area contributed by atoms with Gasteiger partial charge in [-0.05, 0) is 17.5 Å². The lowest BCUT2D eigenvalue weighted by molar-refractivity contribution is -0.137. The van der Waals surface area contributed by atoms with Crippen molar-refractivity contribution in [1.29, 1.82) is 5.26 Å². The number of aromatic nitrogens is 1. The van der Waals surface area contributed by atoms with Gasteiger partial charge in [0.1, 0.15) is 11.6 Å².